The summed E-state index contributed by atoms with van der Waals surface area (Å²) in [5, 5.41) is 5.78. The number of rotatable bonds is 4. The number of carbonyl (C=O) groups is 3. The largest absolute Gasteiger partial charge is 0.325 e. The van der Waals surface area contributed by atoms with E-state index < -0.39 is 17.5 Å². The van der Waals surface area contributed by atoms with Crippen LogP contribution in [-0.4, -0.2) is 44.2 Å². The summed E-state index contributed by atoms with van der Waals surface area (Å²) in [6, 6.07) is 8.92. The van der Waals surface area contributed by atoms with E-state index in [0.29, 0.717) is 29.7 Å². The van der Waals surface area contributed by atoms with Crippen molar-refractivity contribution >= 4 is 34.5 Å². The maximum Gasteiger partial charge on any atom is 0.325 e. The molecule has 1 aromatic carbocycles. The molecule has 8 nitrogen and oxygen atoms in total. The third-order valence-electron chi connectivity index (χ3n) is 5.38. The van der Waals surface area contributed by atoms with Crippen molar-refractivity contribution in [2.24, 2.45) is 5.92 Å². The number of anilines is 1. The van der Waals surface area contributed by atoms with Crippen LogP contribution in [0.5, 0.6) is 0 Å². The van der Waals surface area contributed by atoms with Gasteiger partial charge in [-0.25, -0.2) is 4.79 Å². The van der Waals surface area contributed by atoms with Crippen LogP contribution in [0.3, 0.4) is 0 Å². The normalized spacial score (nSPS) is 24.5. The van der Waals surface area contributed by atoms with Gasteiger partial charge in [0.15, 0.2) is 5.82 Å². The Morgan fingerprint density at radius 2 is 2.00 bits per heavy atom. The first kappa shape index (κ1) is 18.5. The fourth-order valence-electron chi connectivity index (χ4n) is 3.69. The van der Waals surface area contributed by atoms with E-state index in [2.05, 4.69) is 26.9 Å². The van der Waals surface area contributed by atoms with E-state index in [4.69, 9.17) is 0 Å². The monoisotopic (exact) mass is 399 g/mol. The molecular formula is C19H21N5O3S. The zero-order valence-electron chi connectivity index (χ0n) is 15.5. The molecule has 2 aliphatic rings. The maximum atomic E-state index is 12.8. The Labute approximate surface area is 166 Å². The van der Waals surface area contributed by atoms with Crippen molar-refractivity contribution in [1.82, 2.24) is 19.6 Å². The summed E-state index contributed by atoms with van der Waals surface area (Å²) >= 11 is 1.06. The van der Waals surface area contributed by atoms with Gasteiger partial charge in [0, 0.05) is 17.1 Å². The van der Waals surface area contributed by atoms with Crippen molar-refractivity contribution in [1.29, 1.82) is 0 Å². The predicted molar refractivity (Wildman–Crippen MR) is 105 cm³/mol. The highest BCUT2D eigenvalue weighted by Gasteiger charge is 2.52. The van der Waals surface area contributed by atoms with Crippen LogP contribution >= 0.6 is 11.5 Å². The molecule has 0 radical (unpaired) electrons. The standard InChI is InChI=1S/C19H21N5O3S/c1-12-7-9-19(10-8-12)16(26)24(18(27)22-19)11-14(25)20-17-21-15(23-28-17)13-5-3-2-4-6-13/h2-6,12H,7-11H2,1H3,(H,22,27)(H,20,21,23,25). The van der Waals surface area contributed by atoms with Gasteiger partial charge in [0.2, 0.25) is 11.0 Å². The Morgan fingerprint density at radius 1 is 1.29 bits per heavy atom. The molecule has 1 aliphatic carbocycles. The summed E-state index contributed by atoms with van der Waals surface area (Å²) in [7, 11) is 0. The van der Waals surface area contributed by atoms with E-state index >= 15 is 0 Å². The molecule has 4 amide bonds. The molecule has 1 aromatic heterocycles. The highest BCUT2D eigenvalue weighted by Crippen LogP contribution is 2.36. The molecule has 1 saturated carbocycles. The molecule has 2 N–H and O–H groups in total. The summed E-state index contributed by atoms with van der Waals surface area (Å²) in [4.78, 5) is 42.8. The molecule has 0 unspecified atom stereocenters. The molecule has 0 atom stereocenters. The molecule has 2 fully saturated rings. The lowest BCUT2D eigenvalue weighted by Gasteiger charge is -2.33. The van der Waals surface area contributed by atoms with Crippen LogP contribution in [0.1, 0.15) is 32.6 Å². The molecule has 146 valence electrons. The lowest BCUT2D eigenvalue weighted by molar-refractivity contribution is -0.135. The van der Waals surface area contributed by atoms with Crippen LogP contribution in [0, 0.1) is 5.92 Å². The second-order valence-corrected chi connectivity index (χ2v) is 8.18. The molecule has 1 saturated heterocycles. The van der Waals surface area contributed by atoms with E-state index in [1.807, 2.05) is 30.3 Å². The van der Waals surface area contributed by atoms with Crippen LogP contribution in [0.2, 0.25) is 0 Å². The minimum absolute atomic E-state index is 0.304. The Bertz CT molecular complexity index is 905. The average Bonchev–Trinajstić information content (AvgIpc) is 3.24. The first-order chi connectivity index (χ1) is 13.5. The van der Waals surface area contributed by atoms with Gasteiger partial charge in [-0.15, -0.1) is 0 Å². The number of benzene rings is 1. The SMILES string of the molecule is CC1CCC2(CC1)NC(=O)N(CC(=O)Nc1nc(-c3ccccc3)ns1)C2=O. The summed E-state index contributed by atoms with van der Waals surface area (Å²) < 4.78 is 4.23. The number of hydrogen-bond acceptors (Lipinski definition) is 6. The molecule has 0 bridgehead atoms. The Kier molecular flexibility index (Phi) is 4.84. The van der Waals surface area contributed by atoms with Gasteiger partial charge in [0.1, 0.15) is 12.1 Å². The van der Waals surface area contributed by atoms with Gasteiger partial charge < -0.3 is 5.32 Å². The third-order valence-corrected chi connectivity index (χ3v) is 6.01. The molecule has 9 heteroatoms. The van der Waals surface area contributed by atoms with Gasteiger partial charge in [-0.1, -0.05) is 37.3 Å². The first-order valence-electron chi connectivity index (χ1n) is 9.30. The quantitative estimate of drug-likeness (QED) is 0.769. The van der Waals surface area contributed by atoms with Crippen molar-refractivity contribution in [3.8, 4) is 11.4 Å². The van der Waals surface area contributed by atoms with Gasteiger partial charge >= 0.3 is 6.03 Å². The summed E-state index contributed by atoms with van der Waals surface area (Å²) in [5.74, 6) is 0.289. The average molecular weight is 399 g/mol. The minimum atomic E-state index is -0.840. The zero-order valence-corrected chi connectivity index (χ0v) is 16.3. The third kappa shape index (κ3) is 3.49. The number of amides is 4. The second-order valence-electron chi connectivity index (χ2n) is 7.42. The van der Waals surface area contributed by atoms with E-state index in [9.17, 15) is 14.4 Å². The van der Waals surface area contributed by atoms with Crippen molar-refractivity contribution in [3.63, 3.8) is 0 Å². The van der Waals surface area contributed by atoms with Crippen LogP contribution in [0.25, 0.3) is 11.4 Å². The molecule has 4 rings (SSSR count). The van der Waals surface area contributed by atoms with Crippen molar-refractivity contribution in [2.45, 2.75) is 38.1 Å². The Morgan fingerprint density at radius 3 is 2.71 bits per heavy atom. The first-order valence-corrected chi connectivity index (χ1v) is 10.1. The molecule has 2 heterocycles. The summed E-state index contributed by atoms with van der Waals surface area (Å²) in [6.07, 6.45) is 3.01. The number of nitrogens with zero attached hydrogens (tertiary/aromatic N) is 3. The number of carbonyl (C=O) groups excluding carboxylic acids is 3. The van der Waals surface area contributed by atoms with E-state index in [0.717, 1.165) is 34.8 Å². The second kappa shape index (κ2) is 7.31. The van der Waals surface area contributed by atoms with Crippen molar-refractivity contribution in [2.75, 3.05) is 11.9 Å². The van der Waals surface area contributed by atoms with Crippen LogP contribution < -0.4 is 10.6 Å². The van der Waals surface area contributed by atoms with Crippen LogP contribution in [-0.2, 0) is 9.59 Å². The topological polar surface area (TPSA) is 104 Å². The molecular weight excluding hydrogens is 378 g/mol. The van der Waals surface area contributed by atoms with E-state index in [-0.39, 0.29) is 12.5 Å². The van der Waals surface area contributed by atoms with Crippen LogP contribution in [0.4, 0.5) is 9.93 Å². The van der Waals surface area contributed by atoms with E-state index in [1.165, 1.54) is 0 Å². The van der Waals surface area contributed by atoms with E-state index in [1.54, 1.807) is 0 Å². The maximum absolute atomic E-state index is 12.8. The number of urea groups is 1. The highest BCUT2D eigenvalue weighted by molar-refractivity contribution is 7.10. The Balaban J connectivity index is 1.40. The predicted octanol–water partition coefficient (Wildman–Crippen LogP) is 2.64. The lowest BCUT2D eigenvalue weighted by Crippen LogP contribution is -2.49. The van der Waals surface area contributed by atoms with Gasteiger partial charge in [0.05, 0.1) is 0 Å². The molecule has 1 aliphatic heterocycles. The highest BCUT2D eigenvalue weighted by atomic mass is 32.1. The van der Waals surface area contributed by atoms with Gasteiger partial charge in [0.25, 0.3) is 5.91 Å². The Hall–Kier alpha value is -2.81. The summed E-state index contributed by atoms with van der Waals surface area (Å²) in [6.45, 7) is 1.81. The van der Waals surface area contributed by atoms with Gasteiger partial charge in [-0.3, -0.25) is 19.8 Å². The number of aromatic nitrogens is 2. The molecule has 1 spiro atoms. The minimum Gasteiger partial charge on any atom is -0.323 e. The van der Waals surface area contributed by atoms with Crippen molar-refractivity contribution in [3.05, 3.63) is 30.3 Å². The van der Waals surface area contributed by atoms with Gasteiger partial charge in [-0.2, -0.15) is 9.36 Å². The summed E-state index contributed by atoms with van der Waals surface area (Å²) in [5.41, 5.74) is 0.00872. The van der Waals surface area contributed by atoms with Crippen LogP contribution in [0.15, 0.2) is 30.3 Å². The number of hydrogen-bond donors (Lipinski definition) is 2. The molecule has 2 aromatic rings. The fraction of sp³-hybridized carbons (Fsp3) is 0.421. The van der Waals surface area contributed by atoms with Crippen molar-refractivity contribution < 1.29 is 14.4 Å². The zero-order chi connectivity index (χ0) is 19.7. The lowest BCUT2D eigenvalue weighted by atomic mass is 9.77. The van der Waals surface area contributed by atoms with Gasteiger partial charge in [-0.05, 0) is 31.6 Å². The molecule has 28 heavy (non-hydrogen) atoms. The smallest absolute Gasteiger partial charge is 0.323 e. The number of nitrogens with one attached hydrogen (secondary N) is 2. The fourth-order valence-corrected chi connectivity index (χ4v) is 4.30. The number of imide groups is 1.